The number of ether oxygens (including phenoxy) is 2. The highest BCUT2D eigenvalue weighted by atomic mass is 16.5. The standard InChI is InChI=1S/C20H26N2O3/c1-15-18(24-2)13-17(14-19(15)25-3)20(23)22(12-10-21)11-9-16-7-5-4-6-8-16/h4-8,13-14H,9-12,21H2,1-3H3. The molecule has 1 amide bonds. The molecule has 0 bridgehead atoms. The molecule has 5 heteroatoms. The summed E-state index contributed by atoms with van der Waals surface area (Å²) in [6, 6.07) is 13.6. The number of methoxy groups -OCH3 is 2. The minimum atomic E-state index is -0.0713. The molecule has 0 radical (unpaired) electrons. The van der Waals surface area contributed by atoms with Crippen molar-refractivity contribution in [1.82, 2.24) is 4.90 Å². The number of nitrogens with zero attached hydrogens (tertiary/aromatic N) is 1. The second kappa shape index (κ2) is 9.08. The topological polar surface area (TPSA) is 64.8 Å². The highest BCUT2D eigenvalue weighted by molar-refractivity contribution is 5.95. The van der Waals surface area contributed by atoms with Crippen molar-refractivity contribution in [3.63, 3.8) is 0 Å². The van der Waals surface area contributed by atoms with Crippen LogP contribution >= 0.6 is 0 Å². The zero-order valence-electron chi connectivity index (χ0n) is 15.1. The van der Waals surface area contributed by atoms with Crippen molar-refractivity contribution in [2.45, 2.75) is 13.3 Å². The van der Waals surface area contributed by atoms with E-state index in [2.05, 4.69) is 12.1 Å². The number of benzene rings is 2. The minimum absolute atomic E-state index is 0.0713. The maximum Gasteiger partial charge on any atom is 0.254 e. The van der Waals surface area contributed by atoms with Gasteiger partial charge in [0.1, 0.15) is 11.5 Å². The van der Waals surface area contributed by atoms with E-state index in [1.165, 1.54) is 5.56 Å². The summed E-state index contributed by atoms with van der Waals surface area (Å²) in [5.74, 6) is 1.20. The van der Waals surface area contributed by atoms with Gasteiger partial charge in [0, 0.05) is 30.8 Å². The molecule has 134 valence electrons. The van der Waals surface area contributed by atoms with Crippen molar-refractivity contribution < 1.29 is 14.3 Å². The minimum Gasteiger partial charge on any atom is -0.496 e. The molecule has 0 aliphatic carbocycles. The Balaban J connectivity index is 2.21. The van der Waals surface area contributed by atoms with Crippen LogP contribution in [0.2, 0.25) is 0 Å². The van der Waals surface area contributed by atoms with E-state index >= 15 is 0 Å². The lowest BCUT2D eigenvalue weighted by Crippen LogP contribution is -2.37. The van der Waals surface area contributed by atoms with Crippen LogP contribution in [0.1, 0.15) is 21.5 Å². The number of carbonyl (C=O) groups is 1. The molecule has 0 aliphatic heterocycles. The maximum absolute atomic E-state index is 13.0. The van der Waals surface area contributed by atoms with E-state index in [4.69, 9.17) is 15.2 Å². The molecule has 25 heavy (non-hydrogen) atoms. The number of hydrogen-bond acceptors (Lipinski definition) is 4. The molecule has 2 aromatic rings. The van der Waals surface area contributed by atoms with Crippen LogP contribution in [0.15, 0.2) is 42.5 Å². The van der Waals surface area contributed by atoms with Crippen LogP contribution < -0.4 is 15.2 Å². The van der Waals surface area contributed by atoms with Gasteiger partial charge in [0.2, 0.25) is 0 Å². The molecule has 0 unspecified atom stereocenters. The normalized spacial score (nSPS) is 10.4. The second-order valence-corrected chi connectivity index (χ2v) is 5.82. The van der Waals surface area contributed by atoms with Crippen LogP contribution in [0.3, 0.4) is 0 Å². The van der Waals surface area contributed by atoms with Gasteiger partial charge in [0.05, 0.1) is 14.2 Å². The summed E-state index contributed by atoms with van der Waals surface area (Å²) >= 11 is 0. The summed E-state index contributed by atoms with van der Waals surface area (Å²) in [4.78, 5) is 14.7. The first-order valence-electron chi connectivity index (χ1n) is 8.36. The summed E-state index contributed by atoms with van der Waals surface area (Å²) in [7, 11) is 3.17. The van der Waals surface area contributed by atoms with Crippen LogP contribution in [0, 0.1) is 6.92 Å². The molecule has 0 saturated heterocycles. The third-order valence-corrected chi connectivity index (χ3v) is 4.20. The molecule has 0 atom stereocenters. The molecule has 2 rings (SSSR count). The lowest BCUT2D eigenvalue weighted by molar-refractivity contribution is 0.0761. The third kappa shape index (κ3) is 4.73. The van der Waals surface area contributed by atoms with Crippen molar-refractivity contribution in [1.29, 1.82) is 0 Å². The molecule has 0 saturated carbocycles. The molecule has 2 N–H and O–H groups in total. The van der Waals surface area contributed by atoms with Gasteiger partial charge in [-0.25, -0.2) is 0 Å². The van der Waals surface area contributed by atoms with Gasteiger partial charge in [-0.2, -0.15) is 0 Å². The van der Waals surface area contributed by atoms with Crippen LogP contribution in [0.5, 0.6) is 11.5 Å². The fraction of sp³-hybridized carbons (Fsp3) is 0.350. The molecule has 0 aromatic heterocycles. The average molecular weight is 342 g/mol. The van der Waals surface area contributed by atoms with Gasteiger partial charge >= 0.3 is 0 Å². The first-order chi connectivity index (χ1) is 12.1. The van der Waals surface area contributed by atoms with E-state index in [9.17, 15) is 4.79 Å². The van der Waals surface area contributed by atoms with E-state index in [1.807, 2.05) is 25.1 Å². The van der Waals surface area contributed by atoms with E-state index in [1.54, 1.807) is 31.3 Å². The Morgan fingerprint density at radius 3 is 2.16 bits per heavy atom. The molecule has 5 nitrogen and oxygen atoms in total. The Kier molecular flexibility index (Phi) is 6.83. The van der Waals surface area contributed by atoms with Crippen LogP contribution in [0.25, 0.3) is 0 Å². The Bertz CT molecular complexity index is 676. The smallest absolute Gasteiger partial charge is 0.254 e. The molecule has 0 heterocycles. The lowest BCUT2D eigenvalue weighted by atomic mass is 10.1. The van der Waals surface area contributed by atoms with Crippen LogP contribution in [0.4, 0.5) is 0 Å². The Morgan fingerprint density at radius 2 is 1.64 bits per heavy atom. The zero-order valence-corrected chi connectivity index (χ0v) is 15.1. The summed E-state index contributed by atoms with van der Waals surface area (Å²) in [5.41, 5.74) is 8.31. The van der Waals surface area contributed by atoms with E-state index in [0.29, 0.717) is 36.7 Å². The third-order valence-electron chi connectivity index (χ3n) is 4.20. The van der Waals surface area contributed by atoms with Crippen LogP contribution in [-0.4, -0.2) is 44.7 Å². The van der Waals surface area contributed by atoms with Gasteiger partial charge in [-0.1, -0.05) is 30.3 Å². The molecule has 0 fully saturated rings. The number of carbonyl (C=O) groups excluding carboxylic acids is 1. The second-order valence-electron chi connectivity index (χ2n) is 5.82. The number of hydrogen-bond donors (Lipinski definition) is 1. The highest BCUT2D eigenvalue weighted by Gasteiger charge is 2.19. The predicted octanol–water partition coefficient (Wildman–Crippen LogP) is 2.66. The summed E-state index contributed by atoms with van der Waals surface area (Å²) in [6.07, 6.45) is 0.784. The first-order valence-corrected chi connectivity index (χ1v) is 8.36. The van der Waals surface area contributed by atoms with Crippen molar-refractivity contribution >= 4 is 5.91 Å². The van der Waals surface area contributed by atoms with E-state index in [0.717, 1.165) is 12.0 Å². The van der Waals surface area contributed by atoms with Crippen molar-refractivity contribution in [3.05, 3.63) is 59.2 Å². The average Bonchev–Trinajstić information content (AvgIpc) is 2.65. The number of nitrogens with two attached hydrogens (primary N) is 1. The van der Waals surface area contributed by atoms with Gasteiger partial charge in [0.25, 0.3) is 5.91 Å². The van der Waals surface area contributed by atoms with Gasteiger partial charge < -0.3 is 20.1 Å². The molecular weight excluding hydrogens is 316 g/mol. The Labute approximate surface area is 149 Å². The van der Waals surface area contributed by atoms with Crippen molar-refractivity contribution in [3.8, 4) is 11.5 Å². The Morgan fingerprint density at radius 1 is 1.04 bits per heavy atom. The van der Waals surface area contributed by atoms with Crippen molar-refractivity contribution in [2.75, 3.05) is 33.9 Å². The summed E-state index contributed by atoms with van der Waals surface area (Å²) in [6.45, 7) is 3.43. The maximum atomic E-state index is 13.0. The van der Waals surface area contributed by atoms with Gasteiger partial charge in [-0.05, 0) is 31.0 Å². The van der Waals surface area contributed by atoms with Gasteiger partial charge in [0.15, 0.2) is 0 Å². The number of amides is 1. The SMILES string of the molecule is COc1cc(C(=O)N(CCN)CCc2ccccc2)cc(OC)c1C. The summed E-state index contributed by atoms with van der Waals surface area (Å²) < 4.78 is 10.7. The van der Waals surface area contributed by atoms with Gasteiger partial charge in [-0.3, -0.25) is 4.79 Å². The van der Waals surface area contributed by atoms with E-state index in [-0.39, 0.29) is 5.91 Å². The van der Waals surface area contributed by atoms with Crippen LogP contribution in [-0.2, 0) is 6.42 Å². The molecular formula is C20H26N2O3. The largest absolute Gasteiger partial charge is 0.496 e. The predicted molar refractivity (Wildman–Crippen MR) is 99.4 cm³/mol. The van der Waals surface area contributed by atoms with Gasteiger partial charge in [-0.15, -0.1) is 0 Å². The fourth-order valence-corrected chi connectivity index (χ4v) is 2.77. The molecule has 2 aromatic carbocycles. The monoisotopic (exact) mass is 342 g/mol. The first kappa shape index (κ1) is 18.8. The molecule has 0 aliphatic rings. The van der Waals surface area contributed by atoms with E-state index < -0.39 is 0 Å². The highest BCUT2D eigenvalue weighted by Crippen LogP contribution is 2.30. The Hall–Kier alpha value is -2.53. The lowest BCUT2D eigenvalue weighted by Gasteiger charge is -2.23. The van der Waals surface area contributed by atoms with Crippen molar-refractivity contribution in [2.24, 2.45) is 5.73 Å². The quantitative estimate of drug-likeness (QED) is 0.801. The number of rotatable bonds is 8. The fourth-order valence-electron chi connectivity index (χ4n) is 2.77. The summed E-state index contributed by atoms with van der Waals surface area (Å²) in [5, 5.41) is 0. The zero-order chi connectivity index (χ0) is 18.2. The molecule has 0 spiro atoms.